The number of methoxy groups -OCH3 is 1. The SMILES string of the molecule is COC(=O)C[C@@H](NC(=O)Cn1cc(CCN2CCN(/C(=N/C(=O)OC(C)(C)C)NC(=O)OC(C)(C)C)CC2)nn1)c1ccccc1. The summed E-state index contributed by atoms with van der Waals surface area (Å²) in [5.41, 5.74) is 0.0602. The molecule has 2 aromatic rings. The lowest BCUT2D eigenvalue weighted by Crippen LogP contribution is -2.54. The third-order valence-corrected chi connectivity index (χ3v) is 6.59. The summed E-state index contributed by atoms with van der Waals surface area (Å²) in [5, 5.41) is 13.8. The van der Waals surface area contributed by atoms with E-state index in [1.807, 2.05) is 35.2 Å². The molecule has 2 N–H and O–H groups in total. The molecule has 3 rings (SSSR count). The number of aromatic nitrogens is 3. The van der Waals surface area contributed by atoms with E-state index in [2.05, 4.69) is 30.8 Å². The quantitative estimate of drug-likeness (QED) is 0.178. The van der Waals surface area contributed by atoms with Gasteiger partial charge in [-0.05, 0) is 47.1 Å². The second-order valence-corrected chi connectivity index (χ2v) is 12.8. The highest BCUT2D eigenvalue weighted by Crippen LogP contribution is 2.17. The summed E-state index contributed by atoms with van der Waals surface area (Å²) in [6.07, 6.45) is 0.813. The molecule has 3 amide bonds. The first-order valence-electron chi connectivity index (χ1n) is 15.2. The van der Waals surface area contributed by atoms with Crippen LogP contribution in [0.25, 0.3) is 0 Å². The van der Waals surface area contributed by atoms with Crippen LogP contribution in [0.4, 0.5) is 9.59 Å². The molecule has 0 spiro atoms. The van der Waals surface area contributed by atoms with Gasteiger partial charge in [0.05, 0.1) is 25.3 Å². The van der Waals surface area contributed by atoms with E-state index in [1.54, 1.807) is 47.7 Å². The molecule has 0 bridgehead atoms. The maximum absolute atomic E-state index is 12.8. The number of guanidine groups is 1. The zero-order chi connectivity index (χ0) is 33.9. The largest absolute Gasteiger partial charge is 0.469 e. The summed E-state index contributed by atoms with van der Waals surface area (Å²) in [6.45, 7) is 13.4. The van der Waals surface area contributed by atoms with Crippen molar-refractivity contribution in [2.75, 3.05) is 39.8 Å². The average Bonchev–Trinajstić information content (AvgIpc) is 3.41. The number of piperazine rings is 1. The molecular weight excluding hydrogens is 596 g/mol. The summed E-state index contributed by atoms with van der Waals surface area (Å²) < 4.78 is 16.9. The number of aliphatic imine (C=N–C) groups is 1. The number of hydrogen-bond donors (Lipinski definition) is 2. The minimum atomic E-state index is -0.809. The van der Waals surface area contributed by atoms with Gasteiger partial charge in [-0.15, -0.1) is 10.1 Å². The van der Waals surface area contributed by atoms with Crippen LogP contribution in [0.5, 0.6) is 0 Å². The van der Waals surface area contributed by atoms with E-state index in [-0.39, 0.29) is 24.8 Å². The molecule has 1 aromatic heterocycles. The molecule has 1 saturated heterocycles. The summed E-state index contributed by atoms with van der Waals surface area (Å²) in [5.74, 6) is -0.663. The molecule has 15 nitrogen and oxygen atoms in total. The molecular formula is C31H46N8O7. The van der Waals surface area contributed by atoms with Crippen molar-refractivity contribution in [2.24, 2.45) is 4.99 Å². The van der Waals surface area contributed by atoms with Crippen molar-refractivity contribution in [1.29, 1.82) is 0 Å². The fourth-order valence-corrected chi connectivity index (χ4v) is 4.50. The maximum atomic E-state index is 12.8. The van der Waals surface area contributed by atoms with Crippen molar-refractivity contribution in [1.82, 2.24) is 35.4 Å². The number of benzene rings is 1. The van der Waals surface area contributed by atoms with E-state index >= 15 is 0 Å². The number of nitrogens with zero attached hydrogens (tertiary/aromatic N) is 6. The van der Waals surface area contributed by atoms with Crippen LogP contribution in [0.1, 0.15) is 65.3 Å². The Morgan fingerprint density at radius 1 is 0.957 bits per heavy atom. The number of amides is 3. The highest BCUT2D eigenvalue weighted by molar-refractivity contribution is 5.99. The van der Waals surface area contributed by atoms with Crippen LogP contribution >= 0.6 is 0 Å². The Kier molecular flexibility index (Phi) is 12.6. The Labute approximate surface area is 269 Å². The van der Waals surface area contributed by atoms with Crippen molar-refractivity contribution in [3.63, 3.8) is 0 Å². The number of carbonyl (C=O) groups is 4. The lowest BCUT2D eigenvalue weighted by molar-refractivity contribution is -0.141. The van der Waals surface area contributed by atoms with Gasteiger partial charge in [-0.2, -0.15) is 0 Å². The van der Waals surface area contributed by atoms with Crippen LogP contribution in [0.15, 0.2) is 41.5 Å². The number of ether oxygens (including phenoxy) is 3. The minimum absolute atomic E-state index is 0.00748. The number of nitrogens with one attached hydrogen (secondary N) is 2. The van der Waals surface area contributed by atoms with Gasteiger partial charge in [0.1, 0.15) is 17.7 Å². The van der Waals surface area contributed by atoms with E-state index in [9.17, 15) is 19.2 Å². The van der Waals surface area contributed by atoms with Gasteiger partial charge < -0.3 is 24.4 Å². The molecule has 252 valence electrons. The summed E-state index contributed by atoms with van der Waals surface area (Å²) in [7, 11) is 1.31. The van der Waals surface area contributed by atoms with Crippen molar-refractivity contribution < 1.29 is 33.4 Å². The summed E-state index contributed by atoms with van der Waals surface area (Å²) >= 11 is 0. The topological polar surface area (TPSA) is 170 Å². The first-order valence-corrected chi connectivity index (χ1v) is 15.2. The molecule has 2 heterocycles. The number of rotatable bonds is 9. The summed E-state index contributed by atoms with van der Waals surface area (Å²) in [6, 6.07) is 8.69. The van der Waals surface area contributed by atoms with Gasteiger partial charge in [0.15, 0.2) is 0 Å². The Hall–Kier alpha value is -4.53. The van der Waals surface area contributed by atoms with Crippen molar-refractivity contribution >= 4 is 30.0 Å². The maximum Gasteiger partial charge on any atom is 0.437 e. The summed E-state index contributed by atoms with van der Waals surface area (Å²) in [4.78, 5) is 57.7. The zero-order valence-corrected chi connectivity index (χ0v) is 27.7. The van der Waals surface area contributed by atoms with Crippen LogP contribution in [0.2, 0.25) is 0 Å². The second-order valence-electron chi connectivity index (χ2n) is 12.8. The normalized spacial score (nSPS) is 15.1. The van der Waals surface area contributed by atoms with E-state index < -0.39 is 35.4 Å². The van der Waals surface area contributed by atoms with Crippen LogP contribution in [-0.4, -0.2) is 106 Å². The number of alkyl carbamates (subject to hydrolysis) is 1. The second kappa shape index (κ2) is 16.2. The number of carbonyl (C=O) groups excluding carboxylic acids is 4. The minimum Gasteiger partial charge on any atom is -0.469 e. The fraction of sp³-hybridized carbons (Fsp3) is 0.581. The first kappa shape index (κ1) is 35.9. The fourth-order valence-electron chi connectivity index (χ4n) is 4.50. The van der Waals surface area contributed by atoms with Crippen LogP contribution in [0, 0.1) is 0 Å². The Morgan fingerprint density at radius 2 is 1.61 bits per heavy atom. The van der Waals surface area contributed by atoms with Gasteiger partial charge >= 0.3 is 18.2 Å². The van der Waals surface area contributed by atoms with E-state index in [0.29, 0.717) is 39.1 Å². The monoisotopic (exact) mass is 642 g/mol. The van der Waals surface area contributed by atoms with Crippen LogP contribution in [0.3, 0.4) is 0 Å². The molecule has 1 aliphatic heterocycles. The zero-order valence-electron chi connectivity index (χ0n) is 27.7. The van der Waals surface area contributed by atoms with Gasteiger partial charge in [0, 0.05) is 45.3 Å². The smallest absolute Gasteiger partial charge is 0.437 e. The average molecular weight is 643 g/mol. The number of esters is 1. The van der Waals surface area contributed by atoms with E-state index in [1.165, 1.54) is 11.8 Å². The van der Waals surface area contributed by atoms with Gasteiger partial charge in [-0.3, -0.25) is 19.8 Å². The molecule has 0 aliphatic carbocycles. The third kappa shape index (κ3) is 12.8. The highest BCUT2D eigenvalue weighted by atomic mass is 16.6. The molecule has 46 heavy (non-hydrogen) atoms. The third-order valence-electron chi connectivity index (χ3n) is 6.59. The van der Waals surface area contributed by atoms with Crippen LogP contribution in [-0.2, 0) is 36.8 Å². The molecule has 1 atom stereocenters. The molecule has 15 heteroatoms. The van der Waals surface area contributed by atoms with E-state index in [4.69, 9.17) is 14.2 Å². The van der Waals surface area contributed by atoms with Gasteiger partial charge in [0.2, 0.25) is 11.9 Å². The van der Waals surface area contributed by atoms with Gasteiger partial charge in [-0.25, -0.2) is 14.3 Å². The van der Waals surface area contributed by atoms with E-state index in [0.717, 1.165) is 11.3 Å². The van der Waals surface area contributed by atoms with Crippen molar-refractivity contribution in [3.05, 3.63) is 47.8 Å². The lowest BCUT2D eigenvalue weighted by Gasteiger charge is -2.36. The highest BCUT2D eigenvalue weighted by Gasteiger charge is 2.26. The standard InChI is InChI=1S/C31H46N8O7/c1-30(2,3)45-28(42)33-27(34-29(43)46-31(4,5)6)38-17-15-37(16-18-38)14-13-23-20-39(36-35-23)21-25(40)32-24(19-26(41)44-7)22-11-9-8-10-12-22/h8-12,20,24H,13-19,21H2,1-7H3,(H,32,40)(H,33,34,42,43)/t24-/m1/s1. The number of hydrogen-bond acceptors (Lipinski definition) is 10. The predicted molar refractivity (Wildman–Crippen MR) is 169 cm³/mol. The molecule has 1 aliphatic rings. The predicted octanol–water partition coefficient (Wildman–Crippen LogP) is 2.67. The molecule has 1 fully saturated rings. The van der Waals surface area contributed by atoms with Crippen molar-refractivity contribution in [2.45, 2.75) is 78.2 Å². The Bertz CT molecular complexity index is 1360. The van der Waals surface area contributed by atoms with Gasteiger partial charge in [0.25, 0.3) is 0 Å². The molecule has 1 aromatic carbocycles. The molecule has 0 radical (unpaired) electrons. The molecule has 0 saturated carbocycles. The van der Waals surface area contributed by atoms with Crippen molar-refractivity contribution in [3.8, 4) is 0 Å². The first-order chi connectivity index (χ1) is 21.6. The Balaban J connectivity index is 1.52. The van der Waals surface area contributed by atoms with Crippen LogP contribution < -0.4 is 10.6 Å². The Morgan fingerprint density at radius 3 is 2.22 bits per heavy atom. The molecule has 0 unspecified atom stereocenters. The van der Waals surface area contributed by atoms with Gasteiger partial charge in [-0.1, -0.05) is 35.5 Å². The lowest BCUT2D eigenvalue weighted by atomic mass is 10.0.